The Morgan fingerprint density at radius 3 is 2.14 bits per heavy atom. The molecule has 0 saturated carbocycles. The van der Waals surface area contributed by atoms with Crippen LogP contribution in [0.2, 0.25) is 0 Å². The third-order valence-corrected chi connectivity index (χ3v) is 5.89. The highest BCUT2D eigenvalue weighted by atomic mass is 16.5. The van der Waals surface area contributed by atoms with Crippen molar-refractivity contribution in [1.29, 1.82) is 0 Å². The van der Waals surface area contributed by atoms with Gasteiger partial charge in [-0.25, -0.2) is 0 Å². The average Bonchev–Trinajstić information content (AvgIpc) is 2.92. The topological polar surface area (TPSA) is 65.1 Å². The van der Waals surface area contributed by atoms with Gasteiger partial charge in [0.1, 0.15) is 17.2 Å². The van der Waals surface area contributed by atoms with Gasteiger partial charge in [-0.3, -0.25) is 14.5 Å². The first-order valence-corrected chi connectivity index (χ1v) is 12.3. The first kappa shape index (κ1) is 25.0. The first-order valence-electron chi connectivity index (χ1n) is 12.3. The summed E-state index contributed by atoms with van der Waals surface area (Å²) in [6, 6.07) is 20.2. The number of carbonyl (C=O) groups is 2. The van der Waals surface area contributed by atoms with E-state index in [0.29, 0.717) is 41.4 Å². The molecule has 0 unspecified atom stereocenters. The Hall–Kier alpha value is -4.06. The van der Waals surface area contributed by atoms with Gasteiger partial charge in [-0.15, -0.1) is 0 Å². The third kappa shape index (κ3) is 5.43. The number of hydrogen-bond acceptors (Lipinski definition) is 5. The number of benzene rings is 3. The molecule has 4 rings (SSSR count). The summed E-state index contributed by atoms with van der Waals surface area (Å²) in [5.74, 6) is 1.42. The molecule has 3 aromatic rings. The van der Waals surface area contributed by atoms with Gasteiger partial charge in [0.25, 0.3) is 11.8 Å². The number of carbonyl (C=O) groups excluding carboxylic acids is 2. The maximum atomic E-state index is 13.7. The van der Waals surface area contributed by atoms with Crippen molar-refractivity contribution in [1.82, 2.24) is 4.90 Å². The molecule has 0 spiro atoms. The largest absolute Gasteiger partial charge is 0.497 e. The molecule has 186 valence electrons. The Bertz CT molecular complexity index is 1260. The Labute approximate surface area is 212 Å². The highest BCUT2D eigenvalue weighted by molar-refractivity contribution is 6.33. The fourth-order valence-corrected chi connectivity index (χ4v) is 4.04. The smallest absolute Gasteiger partial charge is 0.261 e. The van der Waals surface area contributed by atoms with Crippen LogP contribution in [0.4, 0.5) is 0 Å². The highest BCUT2D eigenvalue weighted by Gasteiger charge is 2.34. The summed E-state index contributed by atoms with van der Waals surface area (Å²) in [5, 5.41) is 0. The summed E-state index contributed by atoms with van der Waals surface area (Å²) in [7, 11) is 1.60. The summed E-state index contributed by atoms with van der Waals surface area (Å²) in [4.78, 5) is 28.3. The maximum Gasteiger partial charge on any atom is 0.261 e. The van der Waals surface area contributed by atoms with Crippen LogP contribution in [0.15, 0.2) is 66.7 Å². The van der Waals surface area contributed by atoms with E-state index in [1.165, 1.54) is 4.90 Å². The van der Waals surface area contributed by atoms with Crippen molar-refractivity contribution in [3.05, 3.63) is 89.0 Å². The molecule has 1 aliphatic rings. The van der Waals surface area contributed by atoms with Crippen molar-refractivity contribution in [3.63, 3.8) is 0 Å². The predicted octanol–water partition coefficient (Wildman–Crippen LogP) is 6.00. The molecular weight excluding hydrogens is 454 g/mol. The van der Waals surface area contributed by atoms with Gasteiger partial charge in [0.15, 0.2) is 0 Å². The lowest BCUT2D eigenvalue weighted by atomic mass is 9.91. The van der Waals surface area contributed by atoms with E-state index in [2.05, 4.69) is 6.92 Å². The summed E-state index contributed by atoms with van der Waals surface area (Å²) in [6.07, 6.45) is 3.56. The van der Waals surface area contributed by atoms with Gasteiger partial charge in [-0.05, 0) is 60.4 Å². The number of imide groups is 1. The second-order valence-corrected chi connectivity index (χ2v) is 8.54. The standard InChI is InChI=1S/C30H31NO5/c1-4-16-35-24-15-12-22(28(19-24)36-17-5-2)18-27-25-8-6-7-9-26(25)29(32)31(30(27)33)20-21-10-13-23(34-3)14-11-21/h6-15,18-19H,4-5,16-17,20H2,1-3H3/b27-18+. The van der Waals surface area contributed by atoms with Gasteiger partial charge in [0.2, 0.25) is 0 Å². The summed E-state index contributed by atoms with van der Waals surface area (Å²) in [5.41, 5.74) is 3.15. The molecule has 6 heteroatoms. The zero-order chi connectivity index (χ0) is 25.5. The average molecular weight is 486 g/mol. The van der Waals surface area contributed by atoms with Crippen LogP contribution in [-0.2, 0) is 11.3 Å². The number of methoxy groups -OCH3 is 1. The quantitative estimate of drug-likeness (QED) is 0.260. The minimum Gasteiger partial charge on any atom is -0.497 e. The van der Waals surface area contributed by atoms with Crippen LogP contribution in [0.25, 0.3) is 11.6 Å². The Balaban J connectivity index is 1.74. The molecule has 1 heterocycles. The van der Waals surface area contributed by atoms with Crippen LogP contribution < -0.4 is 14.2 Å². The van der Waals surface area contributed by atoms with Crippen LogP contribution in [0.3, 0.4) is 0 Å². The Kier molecular flexibility index (Phi) is 8.06. The van der Waals surface area contributed by atoms with Crippen LogP contribution in [0.5, 0.6) is 17.2 Å². The number of ether oxygens (including phenoxy) is 3. The van der Waals surface area contributed by atoms with Gasteiger partial charge < -0.3 is 14.2 Å². The van der Waals surface area contributed by atoms with E-state index in [1.54, 1.807) is 13.2 Å². The zero-order valence-electron chi connectivity index (χ0n) is 21.0. The van der Waals surface area contributed by atoms with Crippen LogP contribution in [0, 0.1) is 0 Å². The highest BCUT2D eigenvalue weighted by Crippen LogP contribution is 2.34. The molecule has 0 fully saturated rings. The maximum absolute atomic E-state index is 13.7. The van der Waals surface area contributed by atoms with E-state index >= 15 is 0 Å². The molecule has 0 atom stereocenters. The lowest BCUT2D eigenvalue weighted by molar-refractivity contribution is -0.123. The Morgan fingerprint density at radius 2 is 1.44 bits per heavy atom. The molecule has 2 amide bonds. The van der Waals surface area contributed by atoms with E-state index in [0.717, 1.165) is 29.7 Å². The Morgan fingerprint density at radius 1 is 0.778 bits per heavy atom. The zero-order valence-corrected chi connectivity index (χ0v) is 21.0. The van der Waals surface area contributed by atoms with E-state index < -0.39 is 0 Å². The fraction of sp³-hybridized carbons (Fsp3) is 0.267. The lowest BCUT2D eigenvalue weighted by Gasteiger charge is -2.29. The normalized spacial score (nSPS) is 14.1. The first-order chi connectivity index (χ1) is 17.5. The number of amides is 2. The number of rotatable bonds is 10. The van der Waals surface area contributed by atoms with Crippen LogP contribution >= 0.6 is 0 Å². The van der Waals surface area contributed by atoms with E-state index in [-0.39, 0.29) is 18.4 Å². The minimum absolute atomic E-state index is 0.163. The van der Waals surface area contributed by atoms with Crippen molar-refractivity contribution in [2.45, 2.75) is 33.2 Å². The lowest BCUT2D eigenvalue weighted by Crippen LogP contribution is -2.41. The third-order valence-electron chi connectivity index (χ3n) is 5.89. The van der Waals surface area contributed by atoms with Gasteiger partial charge in [0, 0.05) is 22.8 Å². The van der Waals surface area contributed by atoms with Crippen molar-refractivity contribution >= 4 is 23.5 Å². The molecule has 0 bridgehead atoms. The molecule has 0 aliphatic carbocycles. The van der Waals surface area contributed by atoms with Crippen molar-refractivity contribution in [3.8, 4) is 17.2 Å². The van der Waals surface area contributed by atoms with Crippen molar-refractivity contribution < 1.29 is 23.8 Å². The molecule has 3 aromatic carbocycles. The molecule has 0 saturated heterocycles. The number of hydrogen-bond donors (Lipinski definition) is 0. The summed E-state index contributed by atoms with van der Waals surface area (Å²) < 4.78 is 17.0. The summed E-state index contributed by atoms with van der Waals surface area (Å²) in [6.45, 7) is 5.41. The number of fused-ring (bicyclic) bond motifs is 1. The van der Waals surface area contributed by atoms with Crippen molar-refractivity contribution in [2.24, 2.45) is 0 Å². The van der Waals surface area contributed by atoms with Gasteiger partial charge in [0.05, 0.1) is 26.9 Å². The second kappa shape index (κ2) is 11.6. The van der Waals surface area contributed by atoms with Crippen LogP contribution in [0.1, 0.15) is 53.7 Å². The van der Waals surface area contributed by atoms with E-state index in [4.69, 9.17) is 14.2 Å². The molecule has 1 aliphatic heterocycles. The van der Waals surface area contributed by atoms with Crippen LogP contribution in [-0.4, -0.2) is 37.0 Å². The van der Waals surface area contributed by atoms with Crippen molar-refractivity contribution in [2.75, 3.05) is 20.3 Å². The molecule has 0 aromatic heterocycles. The van der Waals surface area contributed by atoms with E-state index in [9.17, 15) is 9.59 Å². The fourth-order valence-electron chi connectivity index (χ4n) is 4.04. The molecule has 6 nitrogen and oxygen atoms in total. The minimum atomic E-state index is -0.345. The molecule has 36 heavy (non-hydrogen) atoms. The van der Waals surface area contributed by atoms with Gasteiger partial charge >= 0.3 is 0 Å². The number of nitrogens with zero attached hydrogens (tertiary/aromatic N) is 1. The van der Waals surface area contributed by atoms with Gasteiger partial charge in [-0.2, -0.15) is 0 Å². The van der Waals surface area contributed by atoms with Gasteiger partial charge in [-0.1, -0.05) is 44.2 Å². The molecule has 0 radical (unpaired) electrons. The second-order valence-electron chi connectivity index (χ2n) is 8.54. The predicted molar refractivity (Wildman–Crippen MR) is 140 cm³/mol. The van der Waals surface area contributed by atoms with E-state index in [1.807, 2.05) is 73.7 Å². The summed E-state index contributed by atoms with van der Waals surface area (Å²) >= 11 is 0. The molecular formula is C30H31NO5. The SMILES string of the molecule is CCCOc1ccc(/C=C2/C(=O)N(Cc3ccc(OC)cc3)C(=O)c3ccccc32)c(OCCC)c1. The monoisotopic (exact) mass is 485 g/mol. The molecule has 0 N–H and O–H groups in total.